The van der Waals surface area contributed by atoms with Gasteiger partial charge in [0.15, 0.2) is 5.76 Å². The molecule has 0 unspecified atom stereocenters. The number of aromatic nitrogens is 1. The van der Waals surface area contributed by atoms with Gasteiger partial charge in [0, 0.05) is 10.0 Å². The molecule has 1 N–H and O–H groups in total. The maximum absolute atomic E-state index is 13.1. The Labute approximate surface area is 128 Å². The summed E-state index contributed by atoms with van der Waals surface area (Å²) in [5, 5.41) is 3.08. The molecule has 7 heteroatoms. The zero-order valence-electron chi connectivity index (χ0n) is 11.3. The number of rotatable bonds is 5. The number of nitrogens with one attached hydrogen (secondary N) is 1. The van der Waals surface area contributed by atoms with Crippen molar-refractivity contribution in [3.05, 3.63) is 40.3 Å². The number of halogens is 4. The summed E-state index contributed by atoms with van der Waals surface area (Å²) in [6.45, 7) is 3.21. The molecule has 2 aromatic rings. The fourth-order valence-corrected chi connectivity index (χ4v) is 2.22. The molecule has 21 heavy (non-hydrogen) atoms. The van der Waals surface area contributed by atoms with Crippen LogP contribution < -0.4 is 5.32 Å². The van der Waals surface area contributed by atoms with Gasteiger partial charge in [-0.15, -0.1) is 0 Å². The number of alkyl halides is 3. The topological polar surface area (TPSA) is 38.1 Å². The van der Waals surface area contributed by atoms with E-state index in [1.807, 2.05) is 6.92 Å². The molecule has 0 fully saturated rings. The van der Waals surface area contributed by atoms with Crippen LogP contribution in [0, 0.1) is 0 Å². The van der Waals surface area contributed by atoms with Gasteiger partial charge in [-0.05, 0) is 31.2 Å². The van der Waals surface area contributed by atoms with Crippen molar-refractivity contribution < 1.29 is 17.6 Å². The molecule has 0 amide bonds. The minimum Gasteiger partial charge on any atom is -0.439 e. The summed E-state index contributed by atoms with van der Waals surface area (Å²) in [6.07, 6.45) is -2.17. The van der Waals surface area contributed by atoms with Crippen molar-refractivity contribution in [3.8, 4) is 11.3 Å². The van der Waals surface area contributed by atoms with Gasteiger partial charge in [-0.3, -0.25) is 0 Å². The molecule has 0 radical (unpaired) electrons. The average molecular weight is 363 g/mol. The number of hydrogen-bond acceptors (Lipinski definition) is 3. The van der Waals surface area contributed by atoms with Crippen molar-refractivity contribution >= 4 is 15.9 Å². The second-order valence-electron chi connectivity index (χ2n) is 4.48. The highest BCUT2D eigenvalue weighted by Crippen LogP contribution is 2.38. The molecule has 1 aromatic heterocycles. The quantitative estimate of drug-likeness (QED) is 0.788. The Hall–Kier alpha value is -1.34. The van der Waals surface area contributed by atoms with Gasteiger partial charge in [-0.1, -0.05) is 22.9 Å². The lowest BCUT2D eigenvalue weighted by Crippen LogP contribution is -2.13. The first kappa shape index (κ1) is 16.0. The van der Waals surface area contributed by atoms with Crippen LogP contribution in [-0.4, -0.2) is 11.5 Å². The summed E-state index contributed by atoms with van der Waals surface area (Å²) in [6, 6.07) is 3.95. The molecular formula is C14H14BrF3N2O. The lowest BCUT2D eigenvalue weighted by molar-refractivity contribution is -0.137. The third-order valence-corrected chi connectivity index (χ3v) is 3.30. The lowest BCUT2D eigenvalue weighted by atomic mass is 10.1. The predicted octanol–water partition coefficient (Wildman–Crippen LogP) is 4.62. The Morgan fingerprint density at radius 1 is 1.33 bits per heavy atom. The molecule has 0 aliphatic rings. The third kappa shape index (κ3) is 4.07. The van der Waals surface area contributed by atoms with E-state index >= 15 is 0 Å². The van der Waals surface area contributed by atoms with E-state index in [9.17, 15) is 13.2 Å². The predicted molar refractivity (Wildman–Crippen MR) is 76.6 cm³/mol. The molecular weight excluding hydrogens is 349 g/mol. The molecule has 1 aromatic carbocycles. The summed E-state index contributed by atoms with van der Waals surface area (Å²) < 4.78 is 45.0. The van der Waals surface area contributed by atoms with Crippen molar-refractivity contribution in [1.29, 1.82) is 0 Å². The van der Waals surface area contributed by atoms with Crippen LogP contribution >= 0.6 is 15.9 Å². The van der Waals surface area contributed by atoms with Gasteiger partial charge in [0.25, 0.3) is 0 Å². The fraction of sp³-hybridized carbons (Fsp3) is 0.357. The Kier molecular flexibility index (Phi) is 5.05. The van der Waals surface area contributed by atoms with Gasteiger partial charge >= 0.3 is 6.18 Å². The molecule has 0 spiro atoms. The monoisotopic (exact) mass is 362 g/mol. The smallest absolute Gasteiger partial charge is 0.417 e. The van der Waals surface area contributed by atoms with Crippen LogP contribution in [-0.2, 0) is 12.7 Å². The Morgan fingerprint density at radius 2 is 2.10 bits per heavy atom. The Balaban J connectivity index is 2.30. The zero-order chi connectivity index (χ0) is 15.5. The van der Waals surface area contributed by atoms with E-state index < -0.39 is 11.7 Å². The standard InChI is InChI=1S/C14H14BrF3N2O/c1-2-5-19-8-13-20-7-12(21-13)10-4-3-9(15)6-11(10)14(16,17)18/h3-4,6-7,19H,2,5,8H2,1H3. The molecule has 2 rings (SSSR count). The van der Waals surface area contributed by atoms with Gasteiger partial charge in [-0.2, -0.15) is 13.2 Å². The first-order chi connectivity index (χ1) is 9.91. The van der Waals surface area contributed by atoms with E-state index in [-0.39, 0.29) is 11.3 Å². The van der Waals surface area contributed by atoms with Crippen molar-refractivity contribution in [3.63, 3.8) is 0 Å². The number of hydrogen-bond donors (Lipinski definition) is 1. The molecule has 0 saturated carbocycles. The van der Waals surface area contributed by atoms with Crippen LogP contribution in [0.2, 0.25) is 0 Å². The first-order valence-corrected chi connectivity index (χ1v) is 7.23. The highest BCUT2D eigenvalue weighted by atomic mass is 79.9. The van der Waals surface area contributed by atoms with Crippen LogP contribution in [0.25, 0.3) is 11.3 Å². The third-order valence-electron chi connectivity index (χ3n) is 2.81. The molecule has 114 valence electrons. The van der Waals surface area contributed by atoms with E-state index in [0.717, 1.165) is 19.0 Å². The average Bonchev–Trinajstić information content (AvgIpc) is 2.87. The SMILES string of the molecule is CCCNCc1ncc(-c2ccc(Br)cc2C(F)(F)F)o1. The van der Waals surface area contributed by atoms with E-state index in [4.69, 9.17) is 4.42 Å². The molecule has 1 heterocycles. The Bertz CT molecular complexity index is 611. The molecule has 0 atom stereocenters. The van der Waals surface area contributed by atoms with Gasteiger partial charge < -0.3 is 9.73 Å². The van der Waals surface area contributed by atoms with E-state index in [0.29, 0.717) is 16.9 Å². The minimum atomic E-state index is -4.45. The molecule has 3 nitrogen and oxygen atoms in total. The number of benzene rings is 1. The maximum Gasteiger partial charge on any atom is 0.417 e. The van der Waals surface area contributed by atoms with Gasteiger partial charge in [0.05, 0.1) is 18.3 Å². The second kappa shape index (κ2) is 6.62. The second-order valence-corrected chi connectivity index (χ2v) is 5.40. The molecule has 0 bridgehead atoms. The van der Waals surface area contributed by atoms with Crippen molar-refractivity contribution in [2.75, 3.05) is 6.54 Å². The van der Waals surface area contributed by atoms with E-state index in [2.05, 4.69) is 26.2 Å². The van der Waals surface area contributed by atoms with Crippen LogP contribution in [0.5, 0.6) is 0 Å². The highest BCUT2D eigenvalue weighted by Gasteiger charge is 2.34. The maximum atomic E-state index is 13.1. The molecule has 0 saturated heterocycles. The zero-order valence-corrected chi connectivity index (χ0v) is 12.9. The van der Waals surface area contributed by atoms with E-state index in [1.54, 1.807) is 6.07 Å². The normalized spacial score (nSPS) is 11.9. The van der Waals surface area contributed by atoms with Crippen molar-refractivity contribution in [2.45, 2.75) is 26.1 Å². The van der Waals surface area contributed by atoms with Crippen LogP contribution in [0.4, 0.5) is 13.2 Å². The Morgan fingerprint density at radius 3 is 2.76 bits per heavy atom. The fourth-order valence-electron chi connectivity index (χ4n) is 1.85. The highest BCUT2D eigenvalue weighted by molar-refractivity contribution is 9.10. The van der Waals surface area contributed by atoms with Crippen LogP contribution in [0.15, 0.2) is 33.3 Å². The minimum absolute atomic E-state index is 0.0139. The largest absolute Gasteiger partial charge is 0.439 e. The van der Waals surface area contributed by atoms with E-state index in [1.165, 1.54) is 12.3 Å². The van der Waals surface area contributed by atoms with Crippen molar-refractivity contribution in [2.24, 2.45) is 0 Å². The van der Waals surface area contributed by atoms with Crippen molar-refractivity contribution in [1.82, 2.24) is 10.3 Å². The number of nitrogens with zero attached hydrogens (tertiary/aromatic N) is 1. The van der Waals surface area contributed by atoms with Crippen LogP contribution in [0.3, 0.4) is 0 Å². The first-order valence-electron chi connectivity index (χ1n) is 6.44. The summed E-state index contributed by atoms with van der Waals surface area (Å²) in [5.74, 6) is 0.484. The van der Waals surface area contributed by atoms with Gasteiger partial charge in [0.2, 0.25) is 5.89 Å². The summed E-state index contributed by atoms with van der Waals surface area (Å²) >= 11 is 3.05. The summed E-state index contributed by atoms with van der Waals surface area (Å²) in [4.78, 5) is 4.00. The van der Waals surface area contributed by atoms with Gasteiger partial charge in [-0.25, -0.2) is 4.98 Å². The lowest BCUT2D eigenvalue weighted by Gasteiger charge is -2.11. The van der Waals surface area contributed by atoms with Gasteiger partial charge in [0.1, 0.15) is 0 Å². The number of oxazole rings is 1. The van der Waals surface area contributed by atoms with Crippen LogP contribution in [0.1, 0.15) is 24.8 Å². The summed E-state index contributed by atoms with van der Waals surface area (Å²) in [7, 11) is 0. The summed E-state index contributed by atoms with van der Waals surface area (Å²) in [5.41, 5.74) is -0.763. The molecule has 0 aliphatic heterocycles. The molecule has 0 aliphatic carbocycles.